The molecule has 7 heteroatoms. The highest BCUT2D eigenvalue weighted by Gasteiger charge is 2.13. The maximum Gasteiger partial charge on any atom is 0.173 e. The van der Waals surface area contributed by atoms with Gasteiger partial charge in [0.2, 0.25) is 0 Å². The minimum absolute atomic E-state index is 0.0192. The SMILES string of the molecule is Nc1cc(O)c(Oc2cc(O)c(N)cc2O)cc1O. The standard InChI is InChI=1S/C12H12N2O5/c13-5-1-9(17)11(3-7(5)15)19-12-4-8(16)6(14)2-10(12)18/h1-4,15-18H,13-14H2. The quantitative estimate of drug-likeness (QED) is 0.274. The Labute approximate surface area is 107 Å². The van der Waals surface area contributed by atoms with Crippen molar-refractivity contribution >= 4 is 11.4 Å². The molecule has 0 aliphatic carbocycles. The van der Waals surface area contributed by atoms with E-state index in [-0.39, 0.29) is 45.9 Å². The molecule has 0 bridgehead atoms. The summed E-state index contributed by atoms with van der Waals surface area (Å²) < 4.78 is 5.18. The second-order valence-electron chi connectivity index (χ2n) is 3.86. The highest BCUT2D eigenvalue weighted by molar-refractivity contribution is 5.64. The lowest BCUT2D eigenvalue weighted by atomic mass is 10.2. The van der Waals surface area contributed by atoms with Crippen LogP contribution < -0.4 is 16.2 Å². The number of ether oxygens (including phenoxy) is 1. The zero-order valence-electron chi connectivity index (χ0n) is 9.66. The second-order valence-corrected chi connectivity index (χ2v) is 3.86. The van der Waals surface area contributed by atoms with E-state index in [2.05, 4.69) is 0 Å². The Morgan fingerprint density at radius 2 is 1.00 bits per heavy atom. The normalized spacial score (nSPS) is 10.3. The molecule has 100 valence electrons. The van der Waals surface area contributed by atoms with E-state index < -0.39 is 0 Å². The molecule has 0 saturated carbocycles. The van der Waals surface area contributed by atoms with Gasteiger partial charge in [0.15, 0.2) is 23.0 Å². The smallest absolute Gasteiger partial charge is 0.173 e. The van der Waals surface area contributed by atoms with Crippen LogP contribution in [-0.4, -0.2) is 20.4 Å². The molecule has 0 amide bonds. The van der Waals surface area contributed by atoms with Crippen LogP contribution in [0.2, 0.25) is 0 Å². The third kappa shape index (κ3) is 2.34. The molecule has 0 unspecified atom stereocenters. The number of hydrogen-bond donors (Lipinski definition) is 6. The lowest BCUT2D eigenvalue weighted by Gasteiger charge is -2.11. The molecule has 0 aliphatic rings. The molecular formula is C12H12N2O5. The van der Waals surface area contributed by atoms with Gasteiger partial charge in [0, 0.05) is 24.3 Å². The Kier molecular flexibility index (Phi) is 2.88. The summed E-state index contributed by atoms with van der Waals surface area (Å²) in [4.78, 5) is 0. The number of anilines is 2. The van der Waals surface area contributed by atoms with Gasteiger partial charge in [0.05, 0.1) is 11.4 Å². The van der Waals surface area contributed by atoms with Crippen LogP contribution >= 0.6 is 0 Å². The molecule has 0 atom stereocenters. The minimum Gasteiger partial charge on any atom is -0.506 e. The predicted molar refractivity (Wildman–Crippen MR) is 68.4 cm³/mol. The molecule has 2 aromatic carbocycles. The third-order valence-corrected chi connectivity index (χ3v) is 2.44. The molecule has 8 N–H and O–H groups in total. The van der Waals surface area contributed by atoms with Crippen molar-refractivity contribution in [1.82, 2.24) is 0 Å². The van der Waals surface area contributed by atoms with E-state index in [9.17, 15) is 20.4 Å². The number of nitrogen functional groups attached to an aromatic ring is 2. The van der Waals surface area contributed by atoms with E-state index in [4.69, 9.17) is 16.2 Å². The molecule has 2 aromatic rings. The van der Waals surface area contributed by atoms with E-state index in [1.165, 1.54) is 0 Å². The molecule has 7 nitrogen and oxygen atoms in total. The van der Waals surface area contributed by atoms with Gasteiger partial charge in [0.1, 0.15) is 11.5 Å². The summed E-state index contributed by atoms with van der Waals surface area (Å²) in [6.45, 7) is 0. The summed E-state index contributed by atoms with van der Waals surface area (Å²) in [7, 11) is 0. The van der Waals surface area contributed by atoms with Crippen LogP contribution in [0.5, 0.6) is 34.5 Å². The molecule has 19 heavy (non-hydrogen) atoms. The topological polar surface area (TPSA) is 142 Å². The van der Waals surface area contributed by atoms with Gasteiger partial charge in [-0.25, -0.2) is 0 Å². The van der Waals surface area contributed by atoms with Crippen LogP contribution in [0.4, 0.5) is 11.4 Å². The van der Waals surface area contributed by atoms with Crippen molar-refractivity contribution in [1.29, 1.82) is 0 Å². The zero-order valence-corrected chi connectivity index (χ0v) is 9.66. The van der Waals surface area contributed by atoms with Gasteiger partial charge < -0.3 is 36.6 Å². The molecule has 0 aromatic heterocycles. The van der Waals surface area contributed by atoms with Crippen molar-refractivity contribution < 1.29 is 25.2 Å². The molecule has 0 radical (unpaired) electrons. The van der Waals surface area contributed by atoms with E-state index in [0.29, 0.717) is 0 Å². The minimum atomic E-state index is -0.328. The summed E-state index contributed by atoms with van der Waals surface area (Å²) in [5, 5.41) is 38.1. The van der Waals surface area contributed by atoms with Gasteiger partial charge in [0.25, 0.3) is 0 Å². The van der Waals surface area contributed by atoms with Gasteiger partial charge in [-0.2, -0.15) is 0 Å². The molecule has 0 saturated heterocycles. The second kappa shape index (κ2) is 4.37. The fraction of sp³-hybridized carbons (Fsp3) is 0. The number of phenols is 4. The number of nitrogens with two attached hydrogens (primary N) is 2. The van der Waals surface area contributed by atoms with Gasteiger partial charge in [-0.3, -0.25) is 0 Å². The summed E-state index contributed by atoms with van der Waals surface area (Å²) >= 11 is 0. The monoisotopic (exact) mass is 264 g/mol. The van der Waals surface area contributed by atoms with E-state index in [0.717, 1.165) is 24.3 Å². The largest absolute Gasteiger partial charge is 0.506 e. The van der Waals surface area contributed by atoms with Crippen molar-refractivity contribution in [3.63, 3.8) is 0 Å². The first-order valence-electron chi connectivity index (χ1n) is 5.19. The number of rotatable bonds is 2. The molecule has 0 aliphatic heterocycles. The van der Waals surface area contributed by atoms with E-state index in [1.807, 2.05) is 0 Å². The summed E-state index contributed by atoms with van der Waals surface area (Å²) in [6, 6.07) is 4.35. The van der Waals surface area contributed by atoms with Gasteiger partial charge >= 0.3 is 0 Å². The zero-order chi connectivity index (χ0) is 14.2. The van der Waals surface area contributed by atoms with Crippen molar-refractivity contribution in [3.8, 4) is 34.5 Å². The fourth-order valence-electron chi connectivity index (χ4n) is 1.43. The fourth-order valence-corrected chi connectivity index (χ4v) is 1.43. The highest BCUT2D eigenvalue weighted by Crippen LogP contribution is 2.42. The average Bonchev–Trinajstić information content (AvgIpc) is 2.32. The Bertz CT molecular complexity index is 587. The van der Waals surface area contributed by atoms with E-state index >= 15 is 0 Å². The lowest BCUT2D eigenvalue weighted by molar-refractivity contribution is 0.378. The van der Waals surface area contributed by atoms with Crippen LogP contribution in [0.1, 0.15) is 0 Å². The summed E-state index contributed by atoms with van der Waals surface area (Å²) in [5.74, 6) is -1.49. The van der Waals surface area contributed by atoms with Crippen LogP contribution in [0.3, 0.4) is 0 Å². The summed E-state index contributed by atoms with van der Waals surface area (Å²) in [6.07, 6.45) is 0. The van der Waals surface area contributed by atoms with Gasteiger partial charge in [-0.05, 0) is 0 Å². The van der Waals surface area contributed by atoms with Crippen LogP contribution in [-0.2, 0) is 0 Å². The number of aromatic hydroxyl groups is 4. The van der Waals surface area contributed by atoms with Crippen LogP contribution in [0.25, 0.3) is 0 Å². The Morgan fingerprint density at radius 1 is 0.632 bits per heavy atom. The van der Waals surface area contributed by atoms with Gasteiger partial charge in [-0.15, -0.1) is 0 Å². The molecular weight excluding hydrogens is 252 g/mol. The Balaban J connectivity index is 2.42. The first kappa shape index (κ1) is 12.5. The number of phenolic OH excluding ortho intramolecular Hbond substituents is 4. The Hall–Kier alpha value is -2.96. The maximum atomic E-state index is 9.61. The number of benzene rings is 2. The van der Waals surface area contributed by atoms with Crippen LogP contribution in [0, 0.1) is 0 Å². The maximum absolute atomic E-state index is 9.61. The molecule has 0 spiro atoms. The third-order valence-electron chi connectivity index (χ3n) is 2.44. The Morgan fingerprint density at radius 3 is 1.37 bits per heavy atom. The van der Waals surface area contributed by atoms with Crippen molar-refractivity contribution in [2.24, 2.45) is 0 Å². The van der Waals surface area contributed by atoms with E-state index in [1.54, 1.807) is 0 Å². The first-order valence-corrected chi connectivity index (χ1v) is 5.19. The van der Waals surface area contributed by atoms with Crippen molar-refractivity contribution in [2.45, 2.75) is 0 Å². The van der Waals surface area contributed by atoms with Crippen LogP contribution in [0.15, 0.2) is 24.3 Å². The lowest BCUT2D eigenvalue weighted by Crippen LogP contribution is -1.91. The van der Waals surface area contributed by atoms with Crippen molar-refractivity contribution in [2.75, 3.05) is 11.5 Å². The predicted octanol–water partition coefficient (Wildman–Crippen LogP) is 1.47. The molecule has 0 fully saturated rings. The highest BCUT2D eigenvalue weighted by atomic mass is 16.5. The van der Waals surface area contributed by atoms with Gasteiger partial charge in [-0.1, -0.05) is 0 Å². The average molecular weight is 264 g/mol. The molecule has 0 heterocycles. The molecule has 2 rings (SSSR count). The van der Waals surface area contributed by atoms with Crippen molar-refractivity contribution in [3.05, 3.63) is 24.3 Å². The summed E-state index contributed by atoms with van der Waals surface area (Å²) in [5.41, 5.74) is 10.7. The number of hydrogen-bond acceptors (Lipinski definition) is 7. The first-order chi connectivity index (χ1) is 8.88.